The van der Waals surface area contributed by atoms with Crippen molar-refractivity contribution in [2.45, 2.75) is 4.90 Å². The van der Waals surface area contributed by atoms with Crippen molar-refractivity contribution < 1.29 is 22.9 Å². The van der Waals surface area contributed by atoms with E-state index < -0.39 is 26.4 Å². The Labute approximate surface area is 157 Å². The number of nitro benzene ring substituents is 1. The zero-order valence-corrected chi connectivity index (χ0v) is 15.5. The van der Waals surface area contributed by atoms with Crippen molar-refractivity contribution in [2.75, 3.05) is 18.2 Å². The topological polar surface area (TPSA) is 128 Å². The maximum atomic E-state index is 12.3. The number of nitrogens with one attached hydrogen (secondary N) is 1. The SMILES string of the molecule is COc1cc([N+](=O)[O-])cc2sc(NC(=O)CS(=O)(=O)c3ccccc3)nc12. The fourth-order valence-corrected chi connectivity index (χ4v) is 4.43. The molecule has 0 aliphatic heterocycles. The lowest BCUT2D eigenvalue weighted by atomic mass is 10.3. The second kappa shape index (κ2) is 7.29. The molecular weight excluding hydrogens is 394 g/mol. The number of anilines is 1. The summed E-state index contributed by atoms with van der Waals surface area (Å²) in [5.74, 6) is -1.32. The number of aromatic nitrogens is 1. The number of carbonyl (C=O) groups excluding carboxylic acids is 1. The molecule has 0 saturated carbocycles. The van der Waals surface area contributed by atoms with Crippen LogP contribution < -0.4 is 10.1 Å². The summed E-state index contributed by atoms with van der Waals surface area (Å²) in [5, 5.41) is 13.5. The molecule has 0 saturated heterocycles. The van der Waals surface area contributed by atoms with Gasteiger partial charge in [-0.05, 0) is 12.1 Å². The van der Waals surface area contributed by atoms with Gasteiger partial charge in [-0.15, -0.1) is 0 Å². The Morgan fingerprint density at radius 3 is 2.63 bits per heavy atom. The fourth-order valence-electron chi connectivity index (χ4n) is 2.34. The van der Waals surface area contributed by atoms with Crippen molar-refractivity contribution in [3.05, 3.63) is 52.6 Å². The highest BCUT2D eigenvalue weighted by Crippen LogP contribution is 2.36. The molecule has 140 valence electrons. The van der Waals surface area contributed by atoms with Crippen LogP contribution in [0.2, 0.25) is 0 Å². The Morgan fingerprint density at radius 1 is 1.30 bits per heavy atom. The van der Waals surface area contributed by atoms with Crippen LogP contribution in [0.15, 0.2) is 47.4 Å². The van der Waals surface area contributed by atoms with Crippen LogP contribution in [0.25, 0.3) is 10.2 Å². The third-order valence-electron chi connectivity index (χ3n) is 3.55. The Balaban J connectivity index is 1.84. The third kappa shape index (κ3) is 4.04. The van der Waals surface area contributed by atoms with E-state index in [-0.39, 0.29) is 21.5 Å². The maximum Gasteiger partial charge on any atom is 0.274 e. The lowest BCUT2D eigenvalue weighted by Crippen LogP contribution is -2.22. The number of hydrogen-bond donors (Lipinski definition) is 1. The zero-order valence-electron chi connectivity index (χ0n) is 13.9. The monoisotopic (exact) mass is 407 g/mol. The highest BCUT2D eigenvalue weighted by Gasteiger charge is 2.21. The number of amides is 1. The van der Waals surface area contributed by atoms with E-state index in [0.717, 1.165) is 11.3 Å². The summed E-state index contributed by atoms with van der Waals surface area (Å²) in [5.41, 5.74) is 0.168. The molecule has 9 nitrogen and oxygen atoms in total. The molecule has 0 fully saturated rings. The molecule has 0 spiro atoms. The summed E-state index contributed by atoms with van der Waals surface area (Å²) in [6, 6.07) is 10.2. The predicted octanol–water partition coefficient (Wildman–Crippen LogP) is 2.63. The van der Waals surface area contributed by atoms with E-state index in [2.05, 4.69) is 10.3 Å². The molecule has 3 aromatic rings. The number of hydrogen-bond acceptors (Lipinski definition) is 8. The average molecular weight is 407 g/mol. The van der Waals surface area contributed by atoms with Gasteiger partial charge in [0.15, 0.2) is 20.7 Å². The first kappa shape index (κ1) is 18.7. The molecule has 1 aromatic heterocycles. The van der Waals surface area contributed by atoms with Crippen LogP contribution in [0.1, 0.15) is 0 Å². The van der Waals surface area contributed by atoms with Crippen LogP contribution in [0.5, 0.6) is 5.75 Å². The van der Waals surface area contributed by atoms with Crippen molar-refractivity contribution in [1.29, 1.82) is 0 Å². The highest BCUT2D eigenvalue weighted by atomic mass is 32.2. The van der Waals surface area contributed by atoms with E-state index in [1.165, 1.54) is 31.4 Å². The summed E-state index contributed by atoms with van der Waals surface area (Å²) in [6.45, 7) is 0. The van der Waals surface area contributed by atoms with Gasteiger partial charge in [-0.25, -0.2) is 13.4 Å². The Hall–Kier alpha value is -3.05. The smallest absolute Gasteiger partial charge is 0.274 e. The quantitative estimate of drug-likeness (QED) is 0.491. The first-order valence-electron chi connectivity index (χ1n) is 7.51. The van der Waals surface area contributed by atoms with E-state index in [9.17, 15) is 23.3 Å². The summed E-state index contributed by atoms with van der Waals surface area (Å²) in [6.07, 6.45) is 0. The van der Waals surface area contributed by atoms with E-state index in [1.807, 2.05) is 0 Å². The largest absolute Gasteiger partial charge is 0.494 e. The summed E-state index contributed by atoms with van der Waals surface area (Å²) in [4.78, 5) is 26.8. The van der Waals surface area contributed by atoms with Crippen molar-refractivity contribution in [2.24, 2.45) is 0 Å². The molecule has 3 rings (SSSR count). The minimum absolute atomic E-state index is 0.0433. The predicted molar refractivity (Wildman–Crippen MR) is 100.0 cm³/mol. The number of nitrogens with zero attached hydrogens (tertiary/aromatic N) is 2. The Bertz CT molecular complexity index is 1130. The number of methoxy groups -OCH3 is 1. The minimum Gasteiger partial charge on any atom is -0.494 e. The van der Waals surface area contributed by atoms with Gasteiger partial charge in [0, 0.05) is 6.07 Å². The first-order chi connectivity index (χ1) is 12.8. The van der Waals surface area contributed by atoms with Crippen LogP contribution in [0.3, 0.4) is 0 Å². The fraction of sp³-hybridized carbons (Fsp3) is 0.125. The van der Waals surface area contributed by atoms with Crippen molar-refractivity contribution in [3.63, 3.8) is 0 Å². The molecule has 0 aliphatic rings. The number of ether oxygens (including phenoxy) is 1. The van der Waals surface area contributed by atoms with Crippen LogP contribution in [-0.2, 0) is 14.6 Å². The first-order valence-corrected chi connectivity index (χ1v) is 9.97. The molecule has 1 amide bonds. The van der Waals surface area contributed by atoms with Crippen LogP contribution in [-0.4, -0.2) is 37.1 Å². The number of nitro groups is 1. The molecule has 0 radical (unpaired) electrons. The second-order valence-corrected chi connectivity index (χ2v) is 8.41. The summed E-state index contributed by atoms with van der Waals surface area (Å²) >= 11 is 0.986. The van der Waals surface area contributed by atoms with Gasteiger partial charge in [0.1, 0.15) is 11.3 Å². The number of fused-ring (bicyclic) bond motifs is 1. The van der Waals surface area contributed by atoms with Gasteiger partial charge in [0.25, 0.3) is 5.69 Å². The maximum absolute atomic E-state index is 12.3. The number of carbonyl (C=O) groups is 1. The van der Waals surface area contributed by atoms with Gasteiger partial charge in [0.2, 0.25) is 5.91 Å². The zero-order chi connectivity index (χ0) is 19.6. The van der Waals surface area contributed by atoms with Gasteiger partial charge in [-0.3, -0.25) is 14.9 Å². The Kier molecular flexibility index (Phi) is 5.06. The van der Waals surface area contributed by atoms with E-state index >= 15 is 0 Å². The van der Waals surface area contributed by atoms with Crippen LogP contribution in [0.4, 0.5) is 10.8 Å². The van der Waals surface area contributed by atoms with E-state index in [4.69, 9.17) is 4.74 Å². The average Bonchev–Trinajstić information content (AvgIpc) is 3.03. The number of sulfone groups is 1. The van der Waals surface area contributed by atoms with Gasteiger partial charge in [0.05, 0.1) is 27.7 Å². The van der Waals surface area contributed by atoms with Gasteiger partial charge in [-0.1, -0.05) is 29.5 Å². The molecule has 1 heterocycles. The van der Waals surface area contributed by atoms with Crippen molar-refractivity contribution >= 4 is 48.1 Å². The van der Waals surface area contributed by atoms with Gasteiger partial charge < -0.3 is 10.1 Å². The third-order valence-corrected chi connectivity index (χ3v) is 6.10. The lowest BCUT2D eigenvalue weighted by molar-refractivity contribution is -0.384. The number of benzene rings is 2. The Morgan fingerprint density at radius 2 is 2.00 bits per heavy atom. The van der Waals surface area contributed by atoms with Crippen molar-refractivity contribution in [3.8, 4) is 5.75 Å². The number of rotatable bonds is 6. The molecule has 0 aliphatic carbocycles. The molecular formula is C16H13N3O6S2. The summed E-state index contributed by atoms with van der Waals surface area (Å²) < 4.78 is 30.0. The summed E-state index contributed by atoms with van der Waals surface area (Å²) in [7, 11) is -2.44. The molecule has 0 bridgehead atoms. The normalized spacial score (nSPS) is 11.3. The number of non-ortho nitro benzene ring substituents is 1. The molecule has 2 aromatic carbocycles. The van der Waals surface area contributed by atoms with E-state index in [1.54, 1.807) is 18.2 Å². The van der Waals surface area contributed by atoms with Gasteiger partial charge >= 0.3 is 0 Å². The van der Waals surface area contributed by atoms with Crippen LogP contribution in [0, 0.1) is 10.1 Å². The molecule has 1 N–H and O–H groups in total. The van der Waals surface area contributed by atoms with Gasteiger partial charge in [-0.2, -0.15) is 0 Å². The minimum atomic E-state index is -3.79. The second-order valence-electron chi connectivity index (χ2n) is 5.39. The molecule has 0 unspecified atom stereocenters. The van der Waals surface area contributed by atoms with Crippen molar-refractivity contribution in [1.82, 2.24) is 4.98 Å². The molecule has 27 heavy (non-hydrogen) atoms. The molecule has 0 atom stereocenters. The molecule has 11 heteroatoms. The lowest BCUT2D eigenvalue weighted by Gasteiger charge is -2.04. The standard InChI is InChI=1S/C16H13N3O6S2/c1-25-12-7-10(19(21)22)8-13-15(12)18-16(26-13)17-14(20)9-27(23,24)11-5-3-2-4-6-11/h2-8H,9H2,1H3,(H,17,18,20). The number of thiazole rings is 1. The highest BCUT2D eigenvalue weighted by molar-refractivity contribution is 7.92. The van der Waals surface area contributed by atoms with E-state index in [0.29, 0.717) is 10.2 Å². The van der Waals surface area contributed by atoms with Crippen LogP contribution >= 0.6 is 11.3 Å².